The molecule has 0 aliphatic carbocycles. The van der Waals surface area contributed by atoms with Crippen molar-refractivity contribution in [2.24, 2.45) is 0 Å². The first kappa shape index (κ1) is 11.1. The van der Waals surface area contributed by atoms with E-state index in [1.165, 1.54) is 18.4 Å². The first-order valence-corrected chi connectivity index (χ1v) is 5.91. The van der Waals surface area contributed by atoms with E-state index < -0.39 is 0 Å². The summed E-state index contributed by atoms with van der Waals surface area (Å²) in [5.74, 6) is 0. The standard InChI is InChI=1S/C11H14BrS/c1-2-3-4-11(13)9-5-7-10(12)8-6-9/h5-8,11H,2-4H2,1H3. The second-order valence-electron chi connectivity index (χ2n) is 3.18. The monoisotopic (exact) mass is 257 g/mol. The molecule has 0 aromatic heterocycles. The minimum atomic E-state index is 0.285. The fourth-order valence-corrected chi connectivity index (χ4v) is 1.82. The molecule has 1 unspecified atom stereocenters. The van der Waals surface area contributed by atoms with Gasteiger partial charge in [0, 0.05) is 9.72 Å². The lowest BCUT2D eigenvalue weighted by atomic mass is 10.1. The highest BCUT2D eigenvalue weighted by Crippen LogP contribution is 2.26. The zero-order valence-electron chi connectivity index (χ0n) is 7.79. The number of rotatable bonds is 4. The quantitative estimate of drug-likeness (QED) is 0.722. The number of halogens is 1. The molecule has 0 saturated carbocycles. The molecule has 0 heterocycles. The summed E-state index contributed by atoms with van der Waals surface area (Å²) < 4.78 is 1.12. The van der Waals surface area contributed by atoms with Crippen molar-refractivity contribution in [1.29, 1.82) is 0 Å². The van der Waals surface area contributed by atoms with Crippen molar-refractivity contribution >= 4 is 28.6 Å². The fraction of sp³-hybridized carbons (Fsp3) is 0.455. The number of benzene rings is 1. The molecule has 1 atom stereocenters. The Labute approximate surface area is 94.3 Å². The van der Waals surface area contributed by atoms with Crippen molar-refractivity contribution in [3.8, 4) is 0 Å². The van der Waals surface area contributed by atoms with Crippen LogP contribution in [0, 0.1) is 0 Å². The molecule has 1 radical (unpaired) electrons. The summed E-state index contributed by atoms with van der Waals surface area (Å²) in [6.45, 7) is 2.20. The maximum atomic E-state index is 5.40. The molecule has 0 nitrogen and oxygen atoms in total. The summed E-state index contributed by atoms with van der Waals surface area (Å²) in [5.41, 5.74) is 1.27. The first-order chi connectivity index (χ1) is 6.24. The molecule has 71 valence electrons. The topological polar surface area (TPSA) is 0 Å². The van der Waals surface area contributed by atoms with Crippen LogP contribution in [0.2, 0.25) is 0 Å². The molecule has 0 N–H and O–H groups in total. The highest BCUT2D eigenvalue weighted by atomic mass is 79.9. The Balaban J connectivity index is 2.55. The van der Waals surface area contributed by atoms with Gasteiger partial charge in [-0.25, -0.2) is 0 Å². The van der Waals surface area contributed by atoms with Crippen molar-refractivity contribution in [1.82, 2.24) is 0 Å². The van der Waals surface area contributed by atoms with Crippen LogP contribution in [0.4, 0.5) is 0 Å². The number of hydrogen-bond donors (Lipinski definition) is 0. The summed E-state index contributed by atoms with van der Waals surface area (Å²) in [6.07, 6.45) is 3.57. The van der Waals surface area contributed by atoms with Crippen molar-refractivity contribution < 1.29 is 0 Å². The van der Waals surface area contributed by atoms with Gasteiger partial charge in [0.25, 0.3) is 0 Å². The molecular formula is C11H14BrS. The van der Waals surface area contributed by atoms with Crippen molar-refractivity contribution in [3.05, 3.63) is 34.3 Å². The van der Waals surface area contributed by atoms with E-state index in [-0.39, 0.29) is 5.25 Å². The van der Waals surface area contributed by atoms with Crippen LogP contribution < -0.4 is 0 Å². The highest BCUT2D eigenvalue weighted by molar-refractivity contribution is 9.10. The lowest BCUT2D eigenvalue weighted by Gasteiger charge is -2.08. The van der Waals surface area contributed by atoms with Gasteiger partial charge in [-0.15, -0.1) is 0 Å². The normalized spacial score (nSPS) is 12.8. The summed E-state index contributed by atoms with van der Waals surface area (Å²) in [6, 6.07) is 8.33. The smallest absolute Gasteiger partial charge is 0.0401 e. The zero-order valence-corrected chi connectivity index (χ0v) is 10.2. The molecule has 0 aliphatic rings. The van der Waals surface area contributed by atoms with E-state index in [0.29, 0.717) is 0 Å². The maximum absolute atomic E-state index is 5.40. The molecule has 13 heavy (non-hydrogen) atoms. The van der Waals surface area contributed by atoms with Gasteiger partial charge in [-0.1, -0.05) is 60.5 Å². The van der Waals surface area contributed by atoms with Crippen molar-refractivity contribution in [2.45, 2.75) is 31.4 Å². The predicted octanol–water partition coefficient (Wildman–Crippen LogP) is 4.88. The van der Waals surface area contributed by atoms with E-state index in [0.717, 1.165) is 10.9 Å². The summed E-state index contributed by atoms with van der Waals surface area (Å²) in [5, 5.41) is 0.285. The molecular weight excluding hydrogens is 244 g/mol. The fourth-order valence-electron chi connectivity index (χ4n) is 1.23. The van der Waals surface area contributed by atoms with E-state index in [1.807, 2.05) is 0 Å². The third kappa shape index (κ3) is 3.74. The Morgan fingerprint density at radius 2 is 1.92 bits per heavy atom. The zero-order chi connectivity index (χ0) is 9.68. The van der Waals surface area contributed by atoms with Crippen LogP contribution in [0.15, 0.2) is 28.7 Å². The number of unbranched alkanes of at least 4 members (excludes halogenated alkanes) is 1. The minimum absolute atomic E-state index is 0.285. The molecule has 0 saturated heterocycles. The molecule has 0 amide bonds. The highest BCUT2D eigenvalue weighted by Gasteiger charge is 2.05. The van der Waals surface area contributed by atoms with Gasteiger partial charge < -0.3 is 0 Å². The van der Waals surface area contributed by atoms with Crippen molar-refractivity contribution in [3.63, 3.8) is 0 Å². The third-order valence-electron chi connectivity index (χ3n) is 2.06. The van der Waals surface area contributed by atoms with Crippen LogP contribution in [0.25, 0.3) is 0 Å². The summed E-state index contributed by atoms with van der Waals surface area (Å²) in [4.78, 5) is 0. The Morgan fingerprint density at radius 3 is 2.46 bits per heavy atom. The van der Waals surface area contributed by atoms with Gasteiger partial charge in [0.1, 0.15) is 0 Å². The van der Waals surface area contributed by atoms with Crippen LogP contribution in [0.5, 0.6) is 0 Å². The van der Waals surface area contributed by atoms with E-state index in [2.05, 4.69) is 47.1 Å². The summed E-state index contributed by atoms with van der Waals surface area (Å²) in [7, 11) is 0. The third-order valence-corrected chi connectivity index (χ3v) is 3.10. The van der Waals surface area contributed by atoms with E-state index in [4.69, 9.17) is 12.6 Å². The molecule has 0 fully saturated rings. The van der Waals surface area contributed by atoms with Gasteiger partial charge in [0.2, 0.25) is 0 Å². The molecule has 1 rings (SSSR count). The SMILES string of the molecule is CCCCC([S])c1ccc(Br)cc1. The van der Waals surface area contributed by atoms with Gasteiger partial charge in [0.15, 0.2) is 0 Å². The van der Waals surface area contributed by atoms with Crippen LogP contribution in [-0.2, 0) is 0 Å². The maximum Gasteiger partial charge on any atom is 0.0401 e. The van der Waals surface area contributed by atoms with Crippen LogP contribution in [0.1, 0.15) is 37.0 Å². The molecule has 1 aromatic carbocycles. The Bertz CT molecular complexity index is 243. The van der Waals surface area contributed by atoms with Gasteiger partial charge in [-0.3, -0.25) is 0 Å². The molecule has 0 bridgehead atoms. The second kappa shape index (κ2) is 5.71. The lowest BCUT2D eigenvalue weighted by molar-refractivity contribution is 0.709. The Morgan fingerprint density at radius 1 is 1.31 bits per heavy atom. The van der Waals surface area contributed by atoms with Gasteiger partial charge >= 0.3 is 0 Å². The largest absolute Gasteiger partial charge is 0.0853 e. The molecule has 0 aliphatic heterocycles. The van der Waals surface area contributed by atoms with Gasteiger partial charge in [0.05, 0.1) is 0 Å². The average Bonchev–Trinajstić information content (AvgIpc) is 2.15. The Hall–Kier alpha value is 0.0500. The number of hydrogen-bond acceptors (Lipinski definition) is 0. The van der Waals surface area contributed by atoms with Crippen LogP contribution >= 0.6 is 28.6 Å². The average molecular weight is 258 g/mol. The predicted molar refractivity (Wildman–Crippen MR) is 64.0 cm³/mol. The van der Waals surface area contributed by atoms with Crippen LogP contribution in [-0.4, -0.2) is 0 Å². The Kier molecular flexibility index (Phi) is 4.89. The van der Waals surface area contributed by atoms with Crippen LogP contribution in [0.3, 0.4) is 0 Å². The van der Waals surface area contributed by atoms with Gasteiger partial charge in [-0.05, 0) is 24.1 Å². The minimum Gasteiger partial charge on any atom is -0.0853 e. The first-order valence-electron chi connectivity index (χ1n) is 4.65. The summed E-state index contributed by atoms with van der Waals surface area (Å²) >= 11 is 8.81. The molecule has 1 aromatic rings. The van der Waals surface area contributed by atoms with E-state index >= 15 is 0 Å². The van der Waals surface area contributed by atoms with E-state index in [1.54, 1.807) is 0 Å². The molecule has 2 heteroatoms. The van der Waals surface area contributed by atoms with E-state index in [9.17, 15) is 0 Å². The second-order valence-corrected chi connectivity index (χ2v) is 4.67. The van der Waals surface area contributed by atoms with Gasteiger partial charge in [-0.2, -0.15) is 0 Å². The lowest BCUT2D eigenvalue weighted by Crippen LogP contribution is -1.89. The van der Waals surface area contributed by atoms with Crippen molar-refractivity contribution in [2.75, 3.05) is 0 Å². The molecule has 0 spiro atoms.